The Balaban J connectivity index is 1.45. The van der Waals surface area contributed by atoms with Gasteiger partial charge in [-0.2, -0.15) is 0 Å². The zero-order valence-corrected chi connectivity index (χ0v) is 15.1. The molecule has 4 rings (SSSR count). The van der Waals surface area contributed by atoms with E-state index in [1.165, 1.54) is 0 Å². The Labute approximate surface area is 154 Å². The van der Waals surface area contributed by atoms with Crippen LogP contribution in [0.3, 0.4) is 0 Å². The molecule has 0 bridgehead atoms. The summed E-state index contributed by atoms with van der Waals surface area (Å²) in [5.74, 6) is 1.21. The first-order valence-electron chi connectivity index (χ1n) is 9.26. The van der Waals surface area contributed by atoms with Crippen LogP contribution in [0.4, 0.5) is 5.69 Å². The molecule has 5 heteroatoms. The average Bonchev–Trinajstić information content (AvgIpc) is 2.68. The molecule has 2 aliphatic rings. The minimum absolute atomic E-state index is 0.115. The number of methoxy groups -OCH3 is 1. The summed E-state index contributed by atoms with van der Waals surface area (Å²) < 4.78 is 5.49. The van der Waals surface area contributed by atoms with Gasteiger partial charge >= 0.3 is 0 Å². The zero-order valence-electron chi connectivity index (χ0n) is 15.1. The molecule has 5 nitrogen and oxygen atoms in total. The molecule has 0 amide bonds. The van der Waals surface area contributed by atoms with Crippen LogP contribution in [-0.2, 0) is 12.8 Å². The molecule has 0 radical (unpaired) electrons. The van der Waals surface area contributed by atoms with Crippen molar-refractivity contribution in [2.75, 3.05) is 38.2 Å². The number of aromatic hydroxyl groups is 1. The van der Waals surface area contributed by atoms with Gasteiger partial charge < -0.3 is 19.8 Å². The van der Waals surface area contributed by atoms with E-state index in [1.807, 2.05) is 30.3 Å². The van der Waals surface area contributed by atoms with Gasteiger partial charge in [0, 0.05) is 38.6 Å². The number of benzene rings is 2. The number of fused-ring (bicyclic) bond motifs is 1. The number of nitrogens with zero attached hydrogens (tertiary/aromatic N) is 2. The summed E-state index contributed by atoms with van der Waals surface area (Å²) in [4.78, 5) is 4.74. The molecule has 138 valence electrons. The van der Waals surface area contributed by atoms with E-state index in [0.717, 1.165) is 55.2 Å². The molecule has 2 N–H and O–H groups in total. The van der Waals surface area contributed by atoms with Crippen molar-refractivity contribution >= 4 is 5.69 Å². The molecule has 0 aromatic heterocycles. The van der Waals surface area contributed by atoms with E-state index in [2.05, 4.69) is 15.9 Å². The quantitative estimate of drug-likeness (QED) is 0.884. The Kier molecular flexibility index (Phi) is 4.74. The number of ether oxygens (including phenoxy) is 1. The lowest BCUT2D eigenvalue weighted by Gasteiger charge is -2.43. The fourth-order valence-electron chi connectivity index (χ4n) is 4.28. The van der Waals surface area contributed by atoms with Crippen LogP contribution in [0.1, 0.15) is 11.1 Å². The Hall–Kier alpha value is -2.24. The first-order valence-corrected chi connectivity index (χ1v) is 9.26. The van der Waals surface area contributed by atoms with Crippen molar-refractivity contribution in [2.24, 2.45) is 0 Å². The largest absolute Gasteiger partial charge is 0.508 e. The van der Waals surface area contributed by atoms with E-state index in [9.17, 15) is 10.2 Å². The summed E-state index contributed by atoms with van der Waals surface area (Å²) >= 11 is 0. The zero-order chi connectivity index (χ0) is 18.1. The summed E-state index contributed by atoms with van der Waals surface area (Å²) in [5.41, 5.74) is 3.45. The van der Waals surface area contributed by atoms with Crippen molar-refractivity contribution in [1.82, 2.24) is 4.90 Å². The topological polar surface area (TPSA) is 56.2 Å². The van der Waals surface area contributed by atoms with Gasteiger partial charge in [-0.3, -0.25) is 4.90 Å². The fourth-order valence-corrected chi connectivity index (χ4v) is 4.28. The van der Waals surface area contributed by atoms with Crippen molar-refractivity contribution in [3.63, 3.8) is 0 Å². The lowest BCUT2D eigenvalue weighted by molar-refractivity contribution is 0.0394. The molecule has 1 heterocycles. The van der Waals surface area contributed by atoms with Gasteiger partial charge in [0.1, 0.15) is 11.5 Å². The highest BCUT2D eigenvalue weighted by atomic mass is 16.5. The van der Waals surface area contributed by atoms with E-state index in [0.29, 0.717) is 12.2 Å². The third-order valence-electron chi connectivity index (χ3n) is 5.70. The summed E-state index contributed by atoms with van der Waals surface area (Å²) in [6, 6.07) is 13.7. The van der Waals surface area contributed by atoms with Crippen LogP contribution in [0, 0.1) is 0 Å². The van der Waals surface area contributed by atoms with E-state index in [-0.39, 0.29) is 12.1 Å². The number of aliphatic hydroxyl groups is 1. The highest BCUT2D eigenvalue weighted by Gasteiger charge is 2.33. The smallest absolute Gasteiger partial charge is 0.142 e. The number of piperazine rings is 1. The van der Waals surface area contributed by atoms with Gasteiger partial charge in [0.05, 0.1) is 18.9 Å². The molecular weight excluding hydrogens is 328 g/mol. The van der Waals surface area contributed by atoms with Crippen molar-refractivity contribution in [3.8, 4) is 11.5 Å². The summed E-state index contributed by atoms with van der Waals surface area (Å²) in [6.45, 7) is 3.65. The number of hydrogen-bond donors (Lipinski definition) is 2. The van der Waals surface area contributed by atoms with E-state index in [1.54, 1.807) is 13.2 Å². The molecule has 2 unspecified atom stereocenters. The summed E-state index contributed by atoms with van der Waals surface area (Å²) in [6.07, 6.45) is 1.09. The number of hydrogen-bond acceptors (Lipinski definition) is 5. The van der Waals surface area contributed by atoms with E-state index < -0.39 is 0 Å². The van der Waals surface area contributed by atoms with Crippen LogP contribution in [0.15, 0.2) is 42.5 Å². The molecule has 26 heavy (non-hydrogen) atoms. The second-order valence-corrected chi connectivity index (χ2v) is 7.19. The molecule has 1 aliphatic carbocycles. The average molecular weight is 354 g/mol. The predicted molar refractivity (Wildman–Crippen MR) is 102 cm³/mol. The van der Waals surface area contributed by atoms with Crippen LogP contribution in [-0.4, -0.2) is 60.5 Å². The maximum Gasteiger partial charge on any atom is 0.142 e. The standard InChI is InChI=1S/C21H26N2O3/c1-26-21-5-3-2-4-18(21)22-8-10-23(11-9-22)19-13-16-12-17(24)7-6-15(16)14-20(19)25/h2-7,12,19-20,24-25H,8-11,13-14H2,1H3. The second-order valence-electron chi connectivity index (χ2n) is 7.19. The summed E-state index contributed by atoms with van der Waals surface area (Å²) in [5, 5.41) is 20.4. The normalized spacial score (nSPS) is 23.5. The maximum absolute atomic E-state index is 10.7. The maximum atomic E-state index is 10.7. The van der Waals surface area contributed by atoms with Crippen LogP contribution in [0.2, 0.25) is 0 Å². The lowest BCUT2D eigenvalue weighted by atomic mass is 9.85. The van der Waals surface area contributed by atoms with Gasteiger partial charge in [0.2, 0.25) is 0 Å². The van der Waals surface area contributed by atoms with E-state index in [4.69, 9.17) is 4.74 Å². The highest BCUT2D eigenvalue weighted by molar-refractivity contribution is 5.58. The molecule has 2 aromatic carbocycles. The number of rotatable bonds is 3. The SMILES string of the molecule is COc1ccccc1N1CCN(C2Cc3cc(O)ccc3CC2O)CC1. The number of anilines is 1. The highest BCUT2D eigenvalue weighted by Crippen LogP contribution is 2.31. The number of para-hydroxylation sites is 2. The monoisotopic (exact) mass is 354 g/mol. The molecule has 0 spiro atoms. The van der Waals surface area contributed by atoms with Crippen LogP contribution in [0.5, 0.6) is 11.5 Å². The minimum Gasteiger partial charge on any atom is -0.508 e. The number of phenols is 1. The molecule has 1 aliphatic heterocycles. The van der Waals surface area contributed by atoms with Crippen molar-refractivity contribution in [2.45, 2.75) is 25.0 Å². The number of phenolic OH excluding ortho intramolecular Hbond substituents is 1. The first-order chi connectivity index (χ1) is 12.7. The molecule has 1 fully saturated rings. The van der Waals surface area contributed by atoms with Crippen molar-refractivity contribution in [1.29, 1.82) is 0 Å². The molecule has 1 saturated heterocycles. The van der Waals surface area contributed by atoms with Crippen LogP contribution >= 0.6 is 0 Å². The van der Waals surface area contributed by atoms with Crippen LogP contribution in [0.25, 0.3) is 0 Å². The molecule has 2 atom stereocenters. The van der Waals surface area contributed by atoms with E-state index >= 15 is 0 Å². The second kappa shape index (κ2) is 7.17. The van der Waals surface area contributed by atoms with Gasteiger partial charge in [-0.15, -0.1) is 0 Å². The van der Waals surface area contributed by atoms with Gasteiger partial charge in [-0.25, -0.2) is 0 Å². The third-order valence-corrected chi connectivity index (χ3v) is 5.70. The Morgan fingerprint density at radius 1 is 0.962 bits per heavy atom. The molecule has 2 aromatic rings. The molecular formula is C21H26N2O3. The van der Waals surface area contributed by atoms with Crippen molar-refractivity contribution < 1.29 is 14.9 Å². The van der Waals surface area contributed by atoms with Gasteiger partial charge in [0.25, 0.3) is 0 Å². The summed E-state index contributed by atoms with van der Waals surface area (Å²) in [7, 11) is 1.71. The molecule has 0 saturated carbocycles. The van der Waals surface area contributed by atoms with Crippen molar-refractivity contribution in [3.05, 3.63) is 53.6 Å². The Morgan fingerprint density at radius 3 is 2.50 bits per heavy atom. The Bertz CT molecular complexity index is 772. The first kappa shape index (κ1) is 17.2. The van der Waals surface area contributed by atoms with Gasteiger partial charge in [0.15, 0.2) is 0 Å². The fraction of sp³-hybridized carbons (Fsp3) is 0.429. The predicted octanol–water partition coefficient (Wildman–Crippen LogP) is 2.05. The lowest BCUT2D eigenvalue weighted by Crippen LogP contribution is -2.56. The minimum atomic E-state index is -0.357. The van der Waals surface area contributed by atoms with Gasteiger partial charge in [-0.1, -0.05) is 18.2 Å². The Morgan fingerprint density at radius 2 is 1.73 bits per heavy atom. The third kappa shape index (κ3) is 3.24. The van der Waals surface area contributed by atoms with Crippen LogP contribution < -0.4 is 9.64 Å². The number of aliphatic hydroxyl groups excluding tert-OH is 1. The van der Waals surface area contributed by atoms with Gasteiger partial charge in [-0.05, 0) is 41.8 Å².